The number of carbonyl (C=O) groups excluding carboxylic acids is 1. The van der Waals surface area contributed by atoms with Crippen molar-refractivity contribution in [3.63, 3.8) is 0 Å². The van der Waals surface area contributed by atoms with Crippen molar-refractivity contribution < 1.29 is 4.79 Å². The summed E-state index contributed by atoms with van der Waals surface area (Å²) in [4.78, 5) is 14.7. The fourth-order valence-electron chi connectivity index (χ4n) is 3.48. The second-order valence-corrected chi connectivity index (χ2v) is 5.83. The molecule has 1 aromatic rings. The molecule has 0 radical (unpaired) electrons. The SMILES string of the molecule is CCc1ccc(C(=O)N2CC3CNCC3C2C)cc1. The number of rotatable bonds is 2. The summed E-state index contributed by atoms with van der Waals surface area (Å²) < 4.78 is 0. The number of likely N-dealkylation sites (tertiary alicyclic amines) is 1. The standard InChI is InChI=1S/C16H22N2O/c1-3-12-4-6-13(7-5-12)16(19)18-10-14-8-17-9-15(14)11(18)2/h4-7,11,14-15,17H,3,8-10H2,1-2H3. The van der Waals surface area contributed by atoms with E-state index in [2.05, 4.69) is 36.2 Å². The molecule has 0 aromatic heterocycles. The van der Waals surface area contributed by atoms with Gasteiger partial charge < -0.3 is 10.2 Å². The summed E-state index contributed by atoms with van der Waals surface area (Å²) >= 11 is 0. The summed E-state index contributed by atoms with van der Waals surface area (Å²) in [6.07, 6.45) is 1.02. The average Bonchev–Trinajstić information content (AvgIpc) is 3.02. The lowest BCUT2D eigenvalue weighted by Crippen LogP contribution is -2.38. The van der Waals surface area contributed by atoms with Crippen LogP contribution in [0.2, 0.25) is 0 Å². The van der Waals surface area contributed by atoms with Gasteiger partial charge in [0.05, 0.1) is 0 Å². The summed E-state index contributed by atoms with van der Waals surface area (Å²) in [5.41, 5.74) is 2.11. The van der Waals surface area contributed by atoms with Crippen LogP contribution in [-0.2, 0) is 6.42 Å². The molecule has 0 spiro atoms. The van der Waals surface area contributed by atoms with Gasteiger partial charge in [-0.2, -0.15) is 0 Å². The van der Waals surface area contributed by atoms with Crippen LogP contribution in [0, 0.1) is 11.8 Å². The molecule has 3 heteroatoms. The number of hydrogen-bond acceptors (Lipinski definition) is 2. The lowest BCUT2D eigenvalue weighted by Gasteiger charge is -2.24. The molecule has 1 amide bonds. The van der Waals surface area contributed by atoms with Gasteiger partial charge in [0, 0.05) is 31.2 Å². The molecular formula is C16H22N2O. The van der Waals surface area contributed by atoms with E-state index in [9.17, 15) is 4.79 Å². The maximum absolute atomic E-state index is 12.6. The number of hydrogen-bond donors (Lipinski definition) is 1. The Bertz CT molecular complexity index is 468. The van der Waals surface area contributed by atoms with Gasteiger partial charge in [0.2, 0.25) is 0 Å². The van der Waals surface area contributed by atoms with Crippen molar-refractivity contribution in [2.75, 3.05) is 19.6 Å². The van der Waals surface area contributed by atoms with E-state index in [1.165, 1.54) is 5.56 Å². The van der Waals surface area contributed by atoms with Crippen LogP contribution >= 0.6 is 0 Å². The van der Waals surface area contributed by atoms with Crippen LogP contribution in [0.15, 0.2) is 24.3 Å². The largest absolute Gasteiger partial charge is 0.335 e. The Labute approximate surface area is 115 Å². The highest BCUT2D eigenvalue weighted by molar-refractivity contribution is 5.94. The van der Waals surface area contributed by atoms with Crippen LogP contribution in [0.5, 0.6) is 0 Å². The Hall–Kier alpha value is -1.35. The van der Waals surface area contributed by atoms with E-state index in [4.69, 9.17) is 0 Å². The van der Waals surface area contributed by atoms with Crippen LogP contribution < -0.4 is 5.32 Å². The van der Waals surface area contributed by atoms with E-state index >= 15 is 0 Å². The second-order valence-electron chi connectivity index (χ2n) is 5.83. The predicted molar refractivity (Wildman–Crippen MR) is 76.2 cm³/mol. The van der Waals surface area contributed by atoms with Gasteiger partial charge in [0.25, 0.3) is 5.91 Å². The van der Waals surface area contributed by atoms with Crippen molar-refractivity contribution >= 4 is 5.91 Å². The Kier molecular flexibility index (Phi) is 3.31. The quantitative estimate of drug-likeness (QED) is 0.879. The van der Waals surface area contributed by atoms with E-state index in [1.807, 2.05) is 12.1 Å². The highest BCUT2D eigenvalue weighted by Gasteiger charge is 2.43. The van der Waals surface area contributed by atoms with Crippen molar-refractivity contribution in [1.82, 2.24) is 10.2 Å². The van der Waals surface area contributed by atoms with E-state index in [0.717, 1.165) is 31.6 Å². The fraction of sp³-hybridized carbons (Fsp3) is 0.562. The van der Waals surface area contributed by atoms with Gasteiger partial charge in [-0.3, -0.25) is 4.79 Å². The maximum Gasteiger partial charge on any atom is 0.254 e. The second kappa shape index (κ2) is 4.97. The fourth-order valence-corrected chi connectivity index (χ4v) is 3.48. The molecule has 2 heterocycles. The summed E-state index contributed by atoms with van der Waals surface area (Å²) in [5.74, 6) is 1.48. The zero-order valence-electron chi connectivity index (χ0n) is 11.7. The average molecular weight is 258 g/mol. The van der Waals surface area contributed by atoms with Crippen molar-refractivity contribution in [2.24, 2.45) is 11.8 Å². The van der Waals surface area contributed by atoms with Crippen LogP contribution in [0.25, 0.3) is 0 Å². The van der Waals surface area contributed by atoms with Crippen molar-refractivity contribution in [2.45, 2.75) is 26.3 Å². The van der Waals surface area contributed by atoms with Gasteiger partial charge in [0.15, 0.2) is 0 Å². The Morgan fingerprint density at radius 3 is 2.68 bits per heavy atom. The number of aryl methyl sites for hydroxylation is 1. The topological polar surface area (TPSA) is 32.3 Å². The molecule has 19 heavy (non-hydrogen) atoms. The molecule has 3 unspecified atom stereocenters. The molecule has 3 nitrogen and oxygen atoms in total. The summed E-state index contributed by atoms with van der Waals surface area (Å²) in [7, 11) is 0. The maximum atomic E-state index is 12.6. The molecule has 2 saturated heterocycles. The monoisotopic (exact) mass is 258 g/mol. The van der Waals surface area contributed by atoms with E-state index in [1.54, 1.807) is 0 Å². The first-order valence-electron chi connectivity index (χ1n) is 7.31. The first-order chi connectivity index (χ1) is 9.20. The molecular weight excluding hydrogens is 236 g/mol. The summed E-state index contributed by atoms with van der Waals surface area (Å²) in [6, 6.07) is 8.44. The number of nitrogens with one attached hydrogen (secondary N) is 1. The third kappa shape index (κ3) is 2.16. The van der Waals surface area contributed by atoms with Crippen molar-refractivity contribution in [1.29, 1.82) is 0 Å². The Morgan fingerprint density at radius 1 is 1.32 bits per heavy atom. The van der Waals surface area contributed by atoms with Crippen LogP contribution in [0.3, 0.4) is 0 Å². The predicted octanol–water partition coefficient (Wildman–Crippen LogP) is 1.93. The molecule has 1 aromatic carbocycles. The van der Waals surface area contributed by atoms with E-state index < -0.39 is 0 Å². The minimum absolute atomic E-state index is 0.199. The lowest BCUT2D eigenvalue weighted by atomic mass is 9.95. The minimum Gasteiger partial charge on any atom is -0.335 e. The molecule has 2 fully saturated rings. The molecule has 3 rings (SSSR count). The van der Waals surface area contributed by atoms with Gasteiger partial charge >= 0.3 is 0 Å². The van der Waals surface area contributed by atoms with Crippen LogP contribution in [0.1, 0.15) is 29.8 Å². The van der Waals surface area contributed by atoms with Gasteiger partial charge in [-0.25, -0.2) is 0 Å². The number of fused-ring (bicyclic) bond motifs is 1. The van der Waals surface area contributed by atoms with Gasteiger partial charge in [0.1, 0.15) is 0 Å². The van der Waals surface area contributed by atoms with Gasteiger partial charge in [-0.05, 0) is 42.9 Å². The highest BCUT2D eigenvalue weighted by Crippen LogP contribution is 2.33. The number of nitrogens with zero attached hydrogens (tertiary/aromatic N) is 1. The number of amides is 1. The third-order valence-electron chi connectivity index (χ3n) is 4.80. The van der Waals surface area contributed by atoms with Gasteiger partial charge in [-0.15, -0.1) is 0 Å². The molecule has 2 aliphatic rings. The minimum atomic E-state index is 0.199. The van der Waals surface area contributed by atoms with Crippen LogP contribution in [0.4, 0.5) is 0 Å². The molecule has 0 saturated carbocycles. The highest BCUT2D eigenvalue weighted by atomic mass is 16.2. The Balaban J connectivity index is 1.76. The zero-order valence-corrected chi connectivity index (χ0v) is 11.7. The van der Waals surface area contributed by atoms with Crippen molar-refractivity contribution in [3.8, 4) is 0 Å². The smallest absolute Gasteiger partial charge is 0.254 e. The molecule has 2 aliphatic heterocycles. The Morgan fingerprint density at radius 2 is 2.05 bits per heavy atom. The molecule has 1 N–H and O–H groups in total. The number of benzene rings is 1. The van der Waals surface area contributed by atoms with Crippen LogP contribution in [-0.4, -0.2) is 36.5 Å². The number of carbonyl (C=O) groups is 1. The van der Waals surface area contributed by atoms with E-state index in [-0.39, 0.29) is 5.91 Å². The summed E-state index contributed by atoms with van der Waals surface area (Å²) in [5, 5.41) is 3.43. The molecule has 0 aliphatic carbocycles. The molecule has 3 atom stereocenters. The van der Waals surface area contributed by atoms with E-state index in [0.29, 0.717) is 17.9 Å². The van der Waals surface area contributed by atoms with Gasteiger partial charge in [-0.1, -0.05) is 19.1 Å². The molecule has 102 valence electrons. The third-order valence-corrected chi connectivity index (χ3v) is 4.80. The van der Waals surface area contributed by atoms with Crippen molar-refractivity contribution in [3.05, 3.63) is 35.4 Å². The lowest BCUT2D eigenvalue weighted by molar-refractivity contribution is 0.0728. The first-order valence-corrected chi connectivity index (χ1v) is 7.31. The summed E-state index contributed by atoms with van der Waals surface area (Å²) in [6.45, 7) is 7.36. The molecule has 0 bridgehead atoms. The zero-order chi connectivity index (χ0) is 13.4. The first kappa shape index (κ1) is 12.7. The normalized spacial score (nSPS) is 29.6.